The fourth-order valence-electron chi connectivity index (χ4n) is 3.58. The van der Waals surface area contributed by atoms with Crippen molar-refractivity contribution in [2.45, 2.75) is 32.6 Å². The molecule has 0 aromatic heterocycles. The highest BCUT2D eigenvalue weighted by Crippen LogP contribution is 2.35. The number of carbonyl (C=O) groups is 1. The predicted molar refractivity (Wildman–Crippen MR) is 85.2 cm³/mol. The van der Waals surface area contributed by atoms with E-state index in [1.165, 1.54) is 31.2 Å². The second-order valence-electron chi connectivity index (χ2n) is 6.05. The molecule has 102 valence electrons. The maximum absolute atomic E-state index is 12.7. The van der Waals surface area contributed by atoms with Crippen LogP contribution in [-0.2, 0) is 0 Å². The average molecular weight is 369 g/mol. The molecule has 1 saturated heterocycles. The number of carbonyl (C=O) groups excluding carboxylic acids is 1. The lowest BCUT2D eigenvalue weighted by atomic mass is 9.78. The van der Waals surface area contributed by atoms with Gasteiger partial charge in [0.1, 0.15) is 0 Å². The molecular weight excluding hydrogens is 349 g/mol. The molecule has 1 aliphatic heterocycles. The minimum atomic E-state index is 0.240. The predicted octanol–water partition coefficient (Wildman–Crippen LogP) is 3.86. The first-order valence-corrected chi connectivity index (χ1v) is 8.27. The zero-order valence-electron chi connectivity index (χ0n) is 11.4. The molecule has 2 unspecified atom stereocenters. The maximum Gasteiger partial charge on any atom is 0.254 e. The molecule has 1 aromatic rings. The normalized spacial score (nSPS) is 26.3. The Labute approximate surface area is 128 Å². The smallest absolute Gasteiger partial charge is 0.254 e. The van der Waals surface area contributed by atoms with E-state index in [1.807, 2.05) is 12.1 Å². The number of benzene rings is 1. The Morgan fingerprint density at radius 2 is 1.95 bits per heavy atom. The van der Waals surface area contributed by atoms with Gasteiger partial charge in [0.25, 0.3) is 5.91 Å². The number of rotatable bonds is 1. The van der Waals surface area contributed by atoms with Crippen LogP contribution in [0.1, 0.15) is 41.6 Å². The summed E-state index contributed by atoms with van der Waals surface area (Å²) in [5.74, 6) is 1.74. The number of halogens is 1. The van der Waals surface area contributed by atoms with E-state index in [2.05, 4.69) is 40.5 Å². The van der Waals surface area contributed by atoms with Crippen molar-refractivity contribution >= 4 is 28.5 Å². The van der Waals surface area contributed by atoms with Gasteiger partial charge in [0, 0.05) is 16.7 Å². The van der Waals surface area contributed by atoms with Crippen molar-refractivity contribution in [1.82, 2.24) is 4.90 Å². The summed E-state index contributed by atoms with van der Waals surface area (Å²) in [7, 11) is 0. The average Bonchev–Trinajstić information content (AvgIpc) is 2.41. The maximum atomic E-state index is 12.7. The van der Waals surface area contributed by atoms with Crippen LogP contribution in [0.2, 0.25) is 0 Å². The monoisotopic (exact) mass is 369 g/mol. The van der Waals surface area contributed by atoms with Gasteiger partial charge in [-0.25, -0.2) is 0 Å². The van der Waals surface area contributed by atoms with E-state index in [0.29, 0.717) is 0 Å². The van der Waals surface area contributed by atoms with E-state index >= 15 is 0 Å². The Morgan fingerprint density at radius 1 is 1.26 bits per heavy atom. The molecule has 2 bridgehead atoms. The van der Waals surface area contributed by atoms with Crippen LogP contribution in [0.5, 0.6) is 0 Å². The number of fused-ring (bicyclic) bond motifs is 2. The quantitative estimate of drug-likeness (QED) is 0.689. The van der Waals surface area contributed by atoms with E-state index in [1.54, 1.807) is 0 Å². The third kappa shape index (κ3) is 2.67. The lowest BCUT2D eigenvalue weighted by Gasteiger charge is -2.41. The Bertz CT molecular complexity index is 488. The van der Waals surface area contributed by atoms with Gasteiger partial charge in [0.05, 0.1) is 5.56 Å². The molecule has 2 atom stereocenters. The summed E-state index contributed by atoms with van der Waals surface area (Å²) in [5, 5.41) is 0. The Balaban J connectivity index is 1.82. The highest BCUT2D eigenvalue weighted by molar-refractivity contribution is 14.1. The van der Waals surface area contributed by atoms with Crippen LogP contribution in [-0.4, -0.2) is 23.9 Å². The molecule has 1 aromatic carbocycles. The molecule has 1 heterocycles. The minimum absolute atomic E-state index is 0.240. The van der Waals surface area contributed by atoms with Crippen LogP contribution in [0.25, 0.3) is 0 Å². The molecule has 1 amide bonds. The number of amides is 1. The standard InChI is InChI=1S/C16H20INO/c1-11-4-2-7-14(15(11)17)16(19)18-9-12-5-3-6-13(8-12)10-18/h2,4,7,12-13H,3,5-6,8-10H2,1H3. The highest BCUT2D eigenvalue weighted by atomic mass is 127. The van der Waals surface area contributed by atoms with Crippen LogP contribution in [0, 0.1) is 22.3 Å². The van der Waals surface area contributed by atoms with Crippen LogP contribution in [0.15, 0.2) is 18.2 Å². The number of aryl methyl sites for hydroxylation is 1. The van der Waals surface area contributed by atoms with E-state index in [4.69, 9.17) is 0 Å². The second-order valence-corrected chi connectivity index (χ2v) is 7.12. The van der Waals surface area contributed by atoms with Gasteiger partial charge >= 0.3 is 0 Å². The van der Waals surface area contributed by atoms with Gasteiger partial charge in [-0.2, -0.15) is 0 Å². The van der Waals surface area contributed by atoms with Gasteiger partial charge in [-0.1, -0.05) is 18.6 Å². The zero-order chi connectivity index (χ0) is 13.4. The fraction of sp³-hybridized carbons (Fsp3) is 0.562. The zero-order valence-corrected chi connectivity index (χ0v) is 13.5. The lowest BCUT2D eigenvalue weighted by molar-refractivity contribution is 0.0503. The summed E-state index contributed by atoms with van der Waals surface area (Å²) in [6.07, 6.45) is 5.32. The van der Waals surface area contributed by atoms with Crippen molar-refractivity contribution in [3.05, 3.63) is 32.9 Å². The van der Waals surface area contributed by atoms with Crippen LogP contribution in [0.4, 0.5) is 0 Å². The second kappa shape index (κ2) is 5.43. The SMILES string of the molecule is Cc1cccc(C(=O)N2CC3CCCC(C3)C2)c1I. The van der Waals surface area contributed by atoms with Crippen molar-refractivity contribution in [1.29, 1.82) is 0 Å². The summed E-state index contributed by atoms with van der Waals surface area (Å²) in [6.45, 7) is 4.02. The van der Waals surface area contributed by atoms with E-state index in [9.17, 15) is 4.79 Å². The van der Waals surface area contributed by atoms with Crippen LogP contribution in [0.3, 0.4) is 0 Å². The molecule has 19 heavy (non-hydrogen) atoms. The van der Waals surface area contributed by atoms with Gasteiger partial charge in [-0.15, -0.1) is 0 Å². The van der Waals surface area contributed by atoms with E-state index in [-0.39, 0.29) is 5.91 Å². The molecule has 3 rings (SSSR count). The summed E-state index contributed by atoms with van der Waals surface area (Å²) >= 11 is 2.30. The van der Waals surface area contributed by atoms with Gasteiger partial charge in [0.2, 0.25) is 0 Å². The van der Waals surface area contributed by atoms with Crippen molar-refractivity contribution in [3.8, 4) is 0 Å². The van der Waals surface area contributed by atoms with Crippen molar-refractivity contribution in [2.75, 3.05) is 13.1 Å². The first-order chi connectivity index (χ1) is 9.15. The summed E-state index contributed by atoms with van der Waals surface area (Å²) in [5.41, 5.74) is 2.09. The number of likely N-dealkylation sites (tertiary alicyclic amines) is 1. The van der Waals surface area contributed by atoms with Gasteiger partial charge in [0.15, 0.2) is 0 Å². The number of nitrogens with zero attached hydrogens (tertiary/aromatic N) is 1. The summed E-state index contributed by atoms with van der Waals surface area (Å²) in [4.78, 5) is 14.8. The largest absolute Gasteiger partial charge is 0.338 e. The van der Waals surface area contributed by atoms with Crippen molar-refractivity contribution < 1.29 is 4.79 Å². The minimum Gasteiger partial charge on any atom is -0.338 e. The van der Waals surface area contributed by atoms with Crippen LogP contribution >= 0.6 is 22.6 Å². The first-order valence-electron chi connectivity index (χ1n) is 7.19. The molecule has 3 heteroatoms. The third-order valence-corrected chi connectivity index (χ3v) is 5.99. The first kappa shape index (κ1) is 13.4. The summed E-state index contributed by atoms with van der Waals surface area (Å²) in [6, 6.07) is 6.04. The number of hydrogen-bond acceptors (Lipinski definition) is 1. The molecule has 1 saturated carbocycles. The van der Waals surface area contributed by atoms with Gasteiger partial charge in [-0.3, -0.25) is 4.79 Å². The van der Waals surface area contributed by atoms with Crippen molar-refractivity contribution in [2.24, 2.45) is 11.8 Å². The van der Waals surface area contributed by atoms with Crippen LogP contribution < -0.4 is 0 Å². The Hall–Kier alpha value is -0.580. The molecule has 2 fully saturated rings. The third-order valence-electron chi connectivity index (χ3n) is 4.56. The van der Waals surface area contributed by atoms with E-state index < -0.39 is 0 Å². The highest BCUT2D eigenvalue weighted by Gasteiger charge is 2.33. The van der Waals surface area contributed by atoms with Gasteiger partial charge in [-0.05, 0) is 72.2 Å². The Morgan fingerprint density at radius 3 is 2.63 bits per heavy atom. The molecule has 0 radical (unpaired) electrons. The fourth-order valence-corrected chi connectivity index (χ4v) is 4.17. The molecule has 0 spiro atoms. The van der Waals surface area contributed by atoms with Crippen molar-refractivity contribution in [3.63, 3.8) is 0 Å². The number of hydrogen-bond donors (Lipinski definition) is 0. The topological polar surface area (TPSA) is 20.3 Å². The molecule has 1 aliphatic carbocycles. The Kier molecular flexibility index (Phi) is 3.83. The van der Waals surface area contributed by atoms with E-state index in [0.717, 1.165) is 34.1 Å². The number of piperidine rings is 1. The lowest BCUT2D eigenvalue weighted by Crippen LogP contribution is -2.45. The van der Waals surface area contributed by atoms with Gasteiger partial charge < -0.3 is 4.90 Å². The summed E-state index contributed by atoms with van der Waals surface area (Å²) < 4.78 is 1.11. The molecule has 2 nitrogen and oxygen atoms in total. The molecule has 2 aliphatic rings. The molecular formula is C16H20INO. The molecule has 0 N–H and O–H groups in total.